The summed E-state index contributed by atoms with van der Waals surface area (Å²) in [7, 11) is 0. The second-order valence-electron chi connectivity index (χ2n) is 25.1. The summed E-state index contributed by atoms with van der Waals surface area (Å²) in [5.74, 6) is -105. The van der Waals surface area contributed by atoms with E-state index in [1.54, 1.807) is 10.6 Å². The molecule has 3 aromatic heterocycles. The van der Waals surface area contributed by atoms with E-state index in [4.69, 9.17) is 0 Å². The smallest absolute Gasteiger partial charge is 0.257 e. The molecule has 4 aliphatic rings. The molecular formula is C76H26F30N6O6. The van der Waals surface area contributed by atoms with Crippen LogP contribution in [0, 0.1) is 175 Å². The van der Waals surface area contributed by atoms with Gasteiger partial charge in [-0.3, -0.25) is 19.2 Å². The summed E-state index contributed by atoms with van der Waals surface area (Å²) in [5, 5.41) is 26.3. The number of nitrogens with zero attached hydrogens (tertiary/aromatic N) is 2. The van der Waals surface area contributed by atoms with Crippen LogP contribution >= 0.6 is 0 Å². The molecular weight excluding hydrogens is 1660 g/mol. The number of hydrogen-bond donors (Lipinski definition) is 6. The molecule has 6 N–H and O–H groups in total. The summed E-state index contributed by atoms with van der Waals surface area (Å²) in [6.45, 7) is 1.39. The Morgan fingerprint density at radius 2 is 0.415 bits per heavy atom. The fourth-order valence-electron chi connectivity index (χ4n) is 13.5. The third kappa shape index (κ3) is 12.1. The standard InChI is InChI=1S/C76H26F30N6O6/c1-13(113)25(14(2)114)33-35-29(39-47(81)59(93)69(103)60(94)48(39)82)21-9-5-17(107-21)27(37-43(77)55(89)67(101)56(90)44(37)78)20-8-12-24(110-20)32(42-53(87)65(99)72(106)66(100)54(42)88)74-34(26(15(3)115)16(4)116)36(76(118)112-74)30(40-49(83)61(95)70(104)62(96)50(40)84)22-10-6-18(108-22)28(38-45(79)57(91)68(102)58(92)46(38)80)19-7-11-23(109-19)31(73(33)111-75(35)117)41-51(85)63(97)71(105)64(98)52(41)86/h5-12,107-108,113,115H,1-4H3,(H,111,117)(H,112,118)/b25-13+,26-15+,27-17?,27-20?,28-18?,28-19?,29-21?,30-22?,31-23?,32-24?,35-29?,36-30?,73-31?,74-32?. The Labute approximate surface area is 632 Å². The van der Waals surface area contributed by atoms with Crippen LogP contribution in [0.1, 0.15) is 82.3 Å². The van der Waals surface area contributed by atoms with E-state index >= 15 is 141 Å². The number of amides is 2. The number of aromatic nitrogens is 4. The minimum absolute atomic E-state index is 0.0958. The fourth-order valence-corrected chi connectivity index (χ4v) is 13.5. The van der Waals surface area contributed by atoms with Gasteiger partial charge in [0.2, 0.25) is 34.9 Å². The lowest BCUT2D eigenvalue weighted by Crippen LogP contribution is -2.11. The molecule has 118 heavy (non-hydrogen) atoms. The largest absolute Gasteiger partial charge is 0.512 e. The van der Waals surface area contributed by atoms with Gasteiger partial charge in [0.25, 0.3) is 11.8 Å². The Morgan fingerprint density at radius 3 is 0.610 bits per heavy atom. The molecule has 7 heterocycles. The number of ketones is 2. The summed E-state index contributed by atoms with van der Waals surface area (Å²) >= 11 is 0. The van der Waals surface area contributed by atoms with Gasteiger partial charge in [-0.15, -0.1) is 0 Å². The van der Waals surface area contributed by atoms with Crippen LogP contribution in [0.2, 0.25) is 0 Å². The predicted octanol–water partition coefficient (Wildman–Crippen LogP) is 22.0. The normalized spacial score (nSPS) is 13.0. The zero-order valence-electron chi connectivity index (χ0n) is 57.4. The fraction of sp³-hybridized carbons (Fsp3) is 0.0526. The van der Waals surface area contributed by atoms with E-state index < -0.39 is 366 Å². The van der Waals surface area contributed by atoms with Crippen LogP contribution < -0.4 is 10.6 Å². The first-order valence-corrected chi connectivity index (χ1v) is 32.0. The number of anilines is 2. The maximum absolute atomic E-state index is 17.2. The SMILES string of the molecule is CC(=O)/C(=C(/C)O)c1c2c(-c3c(F)c(F)c(F)c(F)c3F)c3nc(c(-c4c(F)c(F)c(F)c(F)c4F)c4ccc([nH]4)c(-c4c(F)c(F)c(F)c(F)c4F)c4c(/C(C(C)=O)=C(\C)O)c(c(-c5c(F)c(F)c(F)c(F)c5F)c5nc(c(-c6c(F)c(F)c(F)c(F)c6F)c6ccc([nH]6)c(-c6c(F)c(F)c(F)c(F)c6F)c1C(=O)N2)C=C5)NC4=O)C=C3. The van der Waals surface area contributed by atoms with Crippen LogP contribution in [-0.2, 0) is 9.59 Å². The first-order chi connectivity index (χ1) is 55.3. The van der Waals surface area contributed by atoms with Gasteiger partial charge in [-0.1, -0.05) is 0 Å². The van der Waals surface area contributed by atoms with Crippen molar-refractivity contribution in [2.24, 2.45) is 0 Å². The number of nitrogens with one attached hydrogen (secondary N) is 4. The van der Waals surface area contributed by atoms with Gasteiger partial charge in [-0.05, 0) is 76.3 Å². The highest BCUT2D eigenvalue weighted by Crippen LogP contribution is 2.53. The van der Waals surface area contributed by atoms with E-state index in [0.29, 0.717) is 27.7 Å². The van der Waals surface area contributed by atoms with Gasteiger partial charge in [-0.25, -0.2) is 142 Å². The number of halogens is 30. The minimum Gasteiger partial charge on any atom is -0.512 e. The van der Waals surface area contributed by atoms with Crippen molar-refractivity contribution in [2.45, 2.75) is 27.7 Å². The molecule has 0 saturated carbocycles. The number of allylic oxidation sites excluding steroid dienone is 4. The molecule has 0 unspecified atom stereocenters. The van der Waals surface area contributed by atoms with Gasteiger partial charge in [0, 0.05) is 66.6 Å². The molecule has 0 radical (unpaired) electrons. The molecule has 4 aliphatic heterocycles. The lowest BCUT2D eigenvalue weighted by Gasteiger charge is -2.15. The maximum Gasteiger partial charge on any atom is 0.257 e. The van der Waals surface area contributed by atoms with Gasteiger partial charge in [0.1, 0.15) is 11.5 Å². The number of carbonyl (C=O) groups is 4. The van der Waals surface area contributed by atoms with Crippen molar-refractivity contribution in [3.05, 3.63) is 255 Å². The quantitative estimate of drug-likeness (QED) is 0.0256. The molecule has 9 aromatic rings. The molecule has 0 fully saturated rings. The molecule has 42 heteroatoms. The number of aliphatic hydroxyl groups is 2. The van der Waals surface area contributed by atoms with Crippen LogP contribution in [0.5, 0.6) is 0 Å². The lowest BCUT2D eigenvalue weighted by atomic mass is 9.89. The maximum atomic E-state index is 17.2. The Bertz CT molecular complexity index is 6220. The lowest BCUT2D eigenvalue weighted by molar-refractivity contribution is -0.112. The predicted molar refractivity (Wildman–Crippen MR) is 353 cm³/mol. The number of hydrogen-bond acceptors (Lipinski definition) is 8. The van der Waals surface area contributed by atoms with Crippen LogP contribution in [0.4, 0.5) is 143 Å². The van der Waals surface area contributed by atoms with Gasteiger partial charge in [0.15, 0.2) is 151 Å². The van der Waals surface area contributed by atoms with Crippen LogP contribution in [-0.4, -0.2) is 53.5 Å². The Balaban J connectivity index is 1.48. The number of Topliss-reactive ketones (excluding diaryl/α,β-unsaturated/α-hetero) is 2. The second kappa shape index (κ2) is 29.1. The van der Waals surface area contributed by atoms with E-state index in [1.807, 2.05) is 9.97 Å². The molecule has 2 amide bonds. The molecule has 0 atom stereocenters. The number of carbonyl (C=O) groups excluding carboxylic acids is 4. The summed E-state index contributed by atoms with van der Waals surface area (Å²) in [5.41, 5.74) is -56.4. The third-order valence-corrected chi connectivity index (χ3v) is 18.4. The summed E-state index contributed by atoms with van der Waals surface area (Å²) < 4.78 is 489. The van der Waals surface area contributed by atoms with E-state index in [2.05, 4.69) is 9.97 Å². The molecule has 6 aromatic carbocycles. The van der Waals surface area contributed by atoms with Gasteiger partial charge in [0.05, 0.1) is 89.8 Å². The number of benzene rings is 6. The van der Waals surface area contributed by atoms with Crippen LogP contribution in [0.3, 0.4) is 0 Å². The first-order valence-electron chi connectivity index (χ1n) is 32.0. The molecule has 0 saturated heterocycles. The van der Waals surface area contributed by atoms with Crippen molar-refractivity contribution in [3.8, 4) is 66.8 Å². The zero-order valence-corrected chi connectivity index (χ0v) is 57.4. The second-order valence-corrected chi connectivity index (χ2v) is 25.1. The summed E-state index contributed by atoms with van der Waals surface area (Å²) in [6.07, 6.45) is 0.436. The van der Waals surface area contributed by atoms with Crippen molar-refractivity contribution in [3.63, 3.8) is 0 Å². The average Bonchev–Trinajstić information content (AvgIpc) is 1.51. The van der Waals surface area contributed by atoms with Gasteiger partial charge < -0.3 is 30.8 Å². The monoisotopic (exact) mass is 1690 g/mol. The highest BCUT2D eigenvalue weighted by Gasteiger charge is 2.44. The van der Waals surface area contributed by atoms with E-state index in [-0.39, 0.29) is 48.6 Å². The van der Waals surface area contributed by atoms with Crippen LogP contribution in [0.25, 0.3) is 124 Å². The third-order valence-electron chi connectivity index (χ3n) is 18.4. The number of rotatable bonds is 10. The van der Waals surface area contributed by atoms with Crippen LogP contribution in [0.15, 0.2) is 35.8 Å². The minimum atomic E-state index is -3.17. The van der Waals surface area contributed by atoms with Gasteiger partial charge >= 0.3 is 0 Å². The zero-order chi connectivity index (χ0) is 86.8. The van der Waals surface area contributed by atoms with E-state index in [9.17, 15) is 19.8 Å². The Hall–Kier alpha value is -13.9. The Kier molecular flexibility index (Phi) is 20.3. The number of aromatic amines is 2. The molecule has 606 valence electrons. The van der Waals surface area contributed by atoms with Gasteiger partial charge in [-0.2, -0.15) is 0 Å². The molecule has 12 nitrogen and oxygen atoms in total. The summed E-state index contributed by atoms with van der Waals surface area (Å²) in [6, 6.07) is 0.515. The topological polar surface area (TPSA) is 190 Å². The van der Waals surface area contributed by atoms with Crippen molar-refractivity contribution >= 4 is 92.3 Å². The van der Waals surface area contributed by atoms with Crippen molar-refractivity contribution in [2.75, 3.05) is 10.6 Å². The van der Waals surface area contributed by atoms with Crippen molar-refractivity contribution in [1.29, 1.82) is 0 Å². The molecule has 0 spiro atoms. The summed E-state index contributed by atoms with van der Waals surface area (Å²) in [4.78, 5) is 70.8. The van der Waals surface area contributed by atoms with E-state index in [0.717, 1.165) is 0 Å². The molecule has 0 aliphatic carbocycles. The highest BCUT2D eigenvalue weighted by atomic mass is 19.2. The first kappa shape index (κ1) is 82.1. The average molecular weight is 1690 g/mol. The number of H-pyrrole nitrogens is 2. The Morgan fingerprint density at radius 1 is 0.246 bits per heavy atom. The van der Waals surface area contributed by atoms with Crippen molar-refractivity contribution < 1.29 is 161 Å². The molecule has 13 rings (SSSR count). The van der Waals surface area contributed by atoms with Crippen molar-refractivity contribution in [1.82, 2.24) is 19.9 Å². The number of fused-ring (bicyclic) bond motifs is 12. The highest BCUT2D eigenvalue weighted by molar-refractivity contribution is 6.33. The number of aliphatic hydroxyl groups excluding tert-OH is 2. The van der Waals surface area contributed by atoms with E-state index in [1.165, 1.54) is 0 Å². The molecule has 12 bridgehead atoms.